The van der Waals surface area contributed by atoms with E-state index in [4.69, 9.17) is 26.1 Å². The summed E-state index contributed by atoms with van der Waals surface area (Å²) in [4.78, 5) is 16.6. The average molecular weight is 408 g/mol. The molecule has 2 bridgehead atoms. The van der Waals surface area contributed by atoms with Crippen molar-refractivity contribution in [1.82, 2.24) is 14.9 Å². The number of halogens is 1. The van der Waals surface area contributed by atoms with Gasteiger partial charge >= 0.3 is 0 Å². The molecular weight excluding hydrogens is 386 g/mol. The third kappa shape index (κ3) is 3.24. The number of nitrogens with zero attached hydrogens (tertiary/aromatic N) is 5. The van der Waals surface area contributed by atoms with Crippen LogP contribution in [0.1, 0.15) is 0 Å². The van der Waals surface area contributed by atoms with Gasteiger partial charge in [0.2, 0.25) is 0 Å². The molecule has 7 nitrogen and oxygen atoms in total. The van der Waals surface area contributed by atoms with Gasteiger partial charge in [0, 0.05) is 39.8 Å². The molecule has 9 heteroatoms. The van der Waals surface area contributed by atoms with E-state index in [-0.39, 0.29) is 6.04 Å². The van der Waals surface area contributed by atoms with Crippen LogP contribution in [0.5, 0.6) is 0 Å². The van der Waals surface area contributed by atoms with Crippen molar-refractivity contribution in [2.45, 2.75) is 6.04 Å². The Balaban J connectivity index is 1.39. The molecule has 1 fully saturated rings. The number of hydrogen-bond donors (Lipinski definition) is 0. The minimum Gasteiger partial charge on any atom is -0.494 e. The van der Waals surface area contributed by atoms with Gasteiger partial charge in [-0.3, -0.25) is 4.90 Å². The zero-order valence-corrected chi connectivity index (χ0v) is 16.8. The van der Waals surface area contributed by atoms with E-state index in [1.807, 2.05) is 6.07 Å². The van der Waals surface area contributed by atoms with Gasteiger partial charge in [0.1, 0.15) is 23.0 Å². The highest BCUT2D eigenvalue weighted by molar-refractivity contribution is 7.22. The second-order valence-corrected chi connectivity index (χ2v) is 8.47. The van der Waals surface area contributed by atoms with Gasteiger partial charge in [-0.2, -0.15) is 0 Å². The zero-order valence-electron chi connectivity index (χ0n) is 15.2. The molecule has 1 saturated heterocycles. The predicted molar refractivity (Wildman–Crippen MR) is 108 cm³/mol. The normalized spacial score (nSPS) is 22.6. The van der Waals surface area contributed by atoms with Gasteiger partial charge in [0.15, 0.2) is 10.9 Å². The third-order valence-corrected chi connectivity index (χ3v) is 6.64. The van der Waals surface area contributed by atoms with Crippen molar-refractivity contribution in [3.63, 3.8) is 0 Å². The number of hydrogen-bond acceptors (Lipinski definition) is 8. The second kappa shape index (κ2) is 7.09. The lowest BCUT2D eigenvalue weighted by Gasteiger charge is -2.34. The number of thiazole rings is 1. The molecule has 1 atom stereocenters. The number of methoxy groups -OCH3 is 1. The van der Waals surface area contributed by atoms with Crippen LogP contribution in [0.15, 0.2) is 17.9 Å². The summed E-state index contributed by atoms with van der Waals surface area (Å²) in [6, 6.07) is 2.17. The molecule has 0 saturated carbocycles. The van der Waals surface area contributed by atoms with Crippen LogP contribution in [0.4, 0.5) is 10.9 Å². The number of morpholine rings is 1. The van der Waals surface area contributed by atoms with Crippen LogP contribution in [0.2, 0.25) is 5.15 Å². The van der Waals surface area contributed by atoms with E-state index in [2.05, 4.69) is 25.8 Å². The van der Waals surface area contributed by atoms with Crippen molar-refractivity contribution in [1.29, 1.82) is 0 Å². The molecule has 0 amide bonds. The highest BCUT2D eigenvalue weighted by atomic mass is 35.5. The maximum Gasteiger partial charge on any atom is 0.186 e. The molecule has 5 rings (SSSR count). The minimum atomic E-state index is 0.239. The first kappa shape index (κ1) is 17.5. The van der Waals surface area contributed by atoms with Crippen molar-refractivity contribution < 1.29 is 9.47 Å². The molecule has 0 aromatic carbocycles. The van der Waals surface area contributed by atoms with Crippen molar-refractivity contribution in [3.05, 3.63) is 23.1 Å². The number of aromatic nitrogens is 2. The third-order valence-electron chi connectivity index (χ3n) is 5.39. The van der Waals surface area contributed by atoms with Crippen LogP contribution < -0.4 is 9.80 Å². The summed E-state index contributed by atoms with van der Waals surface area (Å²) in [6.45, 7) is 7.22. The number of anilines is 2. The second-order valence-electron chi connectivity index (χ2n) is 7.07. The zero-order chi connectivity index (χ0) is 18.4. The van der Waals surface area contributed by atoms with Crippen molar-refractivity contribution >= 4 is 44.1 Å². The van der Waals surface area contributed by atoms with Crippen molar-refractivity contribution in [2.24, 2.45) is 0 Å². The first-order valence-corrected chi connectivity index (χ1v) is 10.4. The van der Waals surface area contributed by atoms with Crippen molar-refractivity contribution in [3.8, 4) is 0 Å². The fraction of sp³-hybridized carbons (Fsp3) is 0.556. The number of rotatable bonds is 5. The van der Waals surface area contributed by atoms with Crippen molar-refractivity contribution in [2.75, 3.05) is 69.4 Å². The Labute approximate surface area is 167 Å². The van der Waals surface area contributed by atoms with E-state index >= 15 is 0 Å². The molecule has 5 heterocycles. The smallest absolute Gasteiger partial charge is 0.186 e. The molecule has 0 N–H and O–H groups in total. The van der Waals surface area contributed by atoms with E-state index in [0.29, 0.717) is 11.8 Å². The lowest BCUT2D eigenvalue weighted by molar-refractivity contribution is 0.144. The maximum absolute atomic E-state index is 6.33. The first-order chi connectivity index (χ1) is 13.2. The summed E-state index contributed by atoms with van der Waals surface area (Å²) in [5.41, 5.74) is 0.947. The van der Waals surface area contributed by atoms with Gasteiger partial charge in [-0.25, -0.2) is 9.97 Å². The van der Waals surface area contributed by atoms with E-state index in [9.17, 15) is 0 Å². The van der Waals surface area contributed by atoms with Gasteiger partial charge < -0.3 is 19.3 Å². The summed E-state index contributed by atoms with van der Waals surface area (Å²) >= 11 is 8.03. The Bertz CT molecular complexity index is 880. The summed E-state index contributed by atoms with van der Waals surface area (Å²) in [5.74, 6) is 1.90. The van der Waals surface area contributed by atoms with Crippen LogP contribution in [-0.2, 0) is 9.47 Å². The quantitative estimate of drug-likeness (QED) is 0.704. The Kier molecular flexibility index (Phi) is 4.59. The van der Waals surface area contributed by atoms with Gasteiger partial charge in [-0.1, -0.05) is 22.9 Å². The van der Waals surface area contributed by atoms with Crippen LogP contribution >= 0.6 is 22.9 Å². The summed E-state index contributed by atoms with van der Waals surface area (Å²) in [7, 11) is 1.75. The predicted octanol–water partition coefficient (Wildman–Crippen LogP) is 2.22. The van der Waals surface area contributed by atoms with Crippen LogP contribution in [0, 0.1) is 0 Å². The molecule has 0 unspecified atom stereocenters. The van der Waals surface area contributed by atoms with E-state index in [0.717, 1.165) is 72.8 Å². The average Bonchev–Trinajstić information content (AvgIpc) is 3.41. The Morgan fingerprint density at radius 3 is 2.85 bits per heavy atom. The number of ether oxygens (including phenoxy) is 2. The van der Waals surface area contributed by atoms with Crippen LogP contribution in [-0.4, -0.2) is 80.5 Å². The standard InChI is InChI=1S/C18H22ClN5O2S/c1-25-7-6-22-2-4-23(5-3-22)18-21-16-14(27-18)9-15(19)20-17(16)24-10-13-8-12(24)11-26-13/h8-9,12H,2-7,10-11H2,1H3/t12-/m1/s1. The SMILES string of the molecule is COCCN1CCN(c2nc3c(N4CC5=C[C@@H]4CO5)nc(Cl)cc3s2)CC1. The largest absolute Gasteiger partial charge is 0.494 e. The summed E-state index contributed by atoms with van der Waals surface area (Å²) in [6.07, 6.45) is 2.17. The summed E-state index contributed by atoms with van der Waals surface area (Å²) < 4.78 is 11.9. The molecule has 3 aliphatic rings. The highest BCUT2D eigenvalue weighted by Crippen LogP contribution is 2.39. The fourth-order valence-electron chi connectivity index (χ4n) is 3.89. The molecule has 2 aromatic heterocycles. The highest BCUT2D eigenvalue weighted by Gasteiger charge is 2.35. The lowest BCUT2D eigenvalue weighted by atomic mass is 10.3. The minimum absolute atomic E-state index is 0.239. The van der Waals surface area contributed by atoms with E-state index < -0.39 is 0 Å². The fourth-order valence-corrected chi connectivity index (χ4v) is 5.19. The van der Waals surface area contributed by atoms with Crippen LogP contribution in [0.25, 0.3) is 10.2 Å². The van der Waals surface area contributed by atoms with Gasteiger partial charge in [-0.15, -0.1) is 0 Å². The van der Waals surface area contributed by atoms with Gasteiger partial charge in [-0.05, 0) is 12.1 Å². The Hall–Kier alpha value is -1.61. The first-order valence-electron chi connectivity index (χ1n) is 9.25. The van der Waals surface area contributed by atoms with E-state index in [1.54, 1.807) is 18.4 Å². The molecule has 0 spiro atoms. The molecule has 0 radical (unpaired) electrons. The molecule has 144 valence electrons. The lowest BCUT2D eigenvalue weighted by Crippen LogP contribution is -2.47. The van der Waals surface area contributed by atoms with Gasteiger partial charge in [0.25, 0.3) is 0 Å². The van der Waals surface area contributed by atoms with Gasteiger partial charge in [0.05, 0.1) is 23.9 Å². The molecule has 27 heavy (non-hydrogen) atoms. The Morgan fingerprint density at radius 1 is 1.30 bits per heavy atom. The monoisotopic (exact) mass is 407 g/mol. The number of piperazine rings is 1. The number of pyridine rings is 1. The van der Waals surface area contributed by atoms with E-state index in [1.165, 1.54) is 0 Å². The van der Waals surface area contributed by atoms with Crippen LogP contribution in [0.3, 0.4) is 0 Å². The molecule has 2 aromatic rings. The molecule has 0 aliphatic carbocycles. The molecule has 3 aliphatic heterocycles. The number of fused-ring (bicyclic) bond motifs is 2. The topological polar surface area (TPSA) is 54.0 Å². The molecular formula is C18H22ClN5O2S. The summed E-state index contributed by atoms with van der Waals surface area (Å²) in [5, 5.41) is 1.57. The Morgan fingerprint density at radius 2 is 2.15 bits per heavy atom. The maximum atomic E-state index is 6.33.